The SMILES string of the molecule is C1CCC(OC2C3CC4CC(C3)CC2C4)OC1. The molecule has 4 aliphatic carbocycles. The van der Waals surface area contributed by atoms with Gasteiger partial charge in [0.15, 0.2) is 6.29 Å². The maximum Gasteiger partial charge on any atom is 0.157 e. The Morgan fingerprint density at radius 2 is 1.53 bits per heavy atom. The minimum absolute atomic E-state index is 0.131. The highest BCUT2D eigenvalue weighted by molar-refractivity contribution is 4.99. The molecular weight excluding hydrogens is 212 g/mol. The first-order chi connectivity index (χ1) is 8.38. The summed E-state index contributed by atoms with van der Waals surface area (Å²) in [6.07, 6.45) is 11.6. The predicted octanol–water partition coefficient (Wildman–Crippen LogP) is 3.35. The molecule has 1 saturated heterocycles. The summed E-state index contributed by atoms with van der Waals surface area (Å²) in [4.78, 5) is 0. The lowest BCUT2D eigenvalue weighted by Gasteiger charge is -2.54. The zero-order chi connectivity index (χ0) is 11.2. The van der Waals surface area contributed by atoms with Crippen LogP contribution >= 0.6 is 0 Å². The Labute approximate surface area is 104 Å². The molecule has 1 heterocycles. The van der Waals surface area contributed by atoms with Gasteiger partial charge in [-0.1, -0.05) is 0 Å². The maximum absolute atomic E-state index is 6.35. The van der Waals surface area contributed by atoms with Gasteiger partial charge in [0.25, 0.3) is 0 Å². The van der Waals surface area contributed by atoms with E-state index in [-0.39, 0.29) is 6.29 Å². The molecule has 2 nitrogen and oxygen atoms in total. The van der Waals surface area contributed by atoms with E-state index in [9.17, 15) is 0 Å². The van der Waals surface area contributed by atoms with Gasteiger partial charge in [-0.3, -0.25) is 0 Å². The van der Waals surface area contributed by atoms with Crippen LogP contribution in [-0.4, -0.2) is 19.0 Å². The smallest absolute Gasteiger partial charge is 0.157 e. The Morgan fingerprint density at radius 3 is 2.12 bits per heavy atom. The third kappa shape index (κ3) is 1.94. The quantitative estimate of drug-likeness (QED) is 0.732. The van der Waals surface area contributed by atoms with Crippen LogP contribution in [0.1, 0.15) is 51.4 Å². The van der Waals surface area contributed by atoms with Crippen LogP contribution in [0.3, 0.4) is 0 Å². The topological polar surface area (TPSA) is 18.5 Å². The summed E-state index contributed by atoms with van der Waals surface area (Å²) < 4.78 is 12.1. The molecular formula is C15H24O2. The zero-order valence-electron chi connectivity index (χ0n) is 10.6. The second-order valence-corrected chi connectivity index (χ2v) is 6.83. The van der Waals surface area contributed by atoms with Crippen LogP contribution in [-0.2, 0) is 9.47 Å². The Kier molecular flexibility index (Phi) is 2.69. The van der Waals surface area contributed by atoms with E-state index < -0.39 is 0 Å². The van der Waals surface area contributed by atoms with Crippen molar-refractivity contribution in [3.8, 4) is 0 Å². The first-order valence-corrected chi connectivity index (χ1v) is 7.65. The van der Waals surface area contributed by atoms with Crippen molar-refractivity contribution >= 4 is 0 Å². The second kappa shape index (κ2) is 4.24. The summed E-state index contributed by atoms with van der Waals surface area (Å²) in [7, 11) is 0. The standard InChI is InChI=1S/C15H24O2/c1-2-4-16-14(3-1)17-15-12-6-10-5-11(8-12)9-13(15)7-10/h10-15H,1-9H2. The van der Waals surface area contributed by atoms with Gasteiger partial charge in [0, 0.05) is 6.61 Å². The predicted molar refractivity (Wildman–Crippen MR) is 65.5 cm³/mol. The third-order valence-electron chi connectivity index (χ3n) is 5.59. The first-order valence-electron chi connectivity index (χ1n) is 7.65. The van der Waals surface area contributed by atoms with Gasteiger partial charge in [-0.05, 0) is 75.0 Å². The van der Waals surface area contributed by atoms with E-state index in [1.807, 2.05) is 0 Å². The zero-order valence-corrected chi connectivity index (χ0v) is 10.6. The van der Waals surface area contributed by atoms with E-state index in [4.69, 9.17) is 9.47 Å². The number of hydrogen-bond donors (Lipinski definition) is 0. The van der Waals surface area contributed by atoms with Crippen LogP contribution in [0.5, 0.6) is 0 Å². The molecule has 5 fully saturated rings. The lowest BCUT2D eigenvalue weighted by Crippen LogP contribution is -2.50. The molecule has 4 bridgehead atoms. The molecule has 5 rings (SSSR count). The van der Waals surface area contributed by atoms with E-state index in [0.717, 1.165) is 36.7 Å². The van der Waals surface area contributed by atoms with Gasteiger partial charge >= 0.3 is 0 Å². The van der Waals surface area contributed by atoms with Gasteiger partial charge in [-0.15, -0.1) is 0 Å². The minimum Gasteiger partial charge on any atom is -0.353 e. The van der Waals surface area contributed by atoms with Gasteiger partial charge in [-0.2, -0.15) is 0 Å². The largest absolute Gasteiger partial charge is 0.353 e. The Morgan fingerprint density at radius 1 is 0.824 bits per heavy atom. The summed E-state index contributed by atoms with van der Waals surface area (Å²) >= 11 is 0. The number of ether oxygens (including phenoxy) is 2. The van der Waals surface area contributed by atoms with Crippen molar-refractivity contribution in [2.75, 3.05) is 6.61 Å². The molecule has 17 heavy (non-hydrogen) atoms. The van der Waals surface area contributed by atoms with E-state index in [1.54, 1.807) is 0 Å². The van der Waals surface area contributed by atoms with Crippen LogP contribution in [0.15, 0.2) is 0 Å². The van der Waals surface area contributed by atoms with Crippen LogP contribution in [0, 0.1) is 23.7 Å². The minimum atomic E-state index is 0.131. The van der Waals surface area contributed by atoms with E-state index in [1.165, 1.54) is 44.9 Å². The highest BCUT2D eigenvalue weighted by Crippen LogP contribution is 2.55. The molecule has 1 unspecified atom stereocenters. The average Bonchev–Trinajstić information content (AvgIpc) is 2.34. The first kappa shape index (κ1) is 10.8. The second-order valence-electron chi connectivity index (χ2n) is 6.83. The molecule has 0 aromatic heterocycles. The van der Waals surface area contributed by atoms with Crippen molar-refractivity contribution < 1.29 is 9.47 Å². The fourth-order valence-corrected chi connectivity index (χ4v) is 5.09. The van der Waals surface area contributed by atoms with Crippen molar-refractivity contribution in [1.29, 1.82) is 0 Å². The van der Waals surface area contributed by atoms with Crippen LogP contribution in [0.25, 0.3) is 0 Å². The lowest BCUT2D eigenvalue weighted by atomic mass is 9.55. The molecule has 0 aromatic rings. The van der Waals surface area contributed by atoms with Gasteiger partial charge in [0.2, 0.25) is 0 Å². The van der Waals surface area contributed by atoms with E-state index in [0.29, 0.717) is 6.10 Å². The number of hydrogen-bond acceptors (Lipinski definition) is 2. The maximum atomic E-state index is 6.35. The summed E-state index contributed by atoms with van der Waals surface area (Å²) in [5.74, 6) is 3.84. The Bertz CT molecular complexity index is 255. The fraction of sp³-hybridized carbons (Fsp3) is 1.00. The summed E-state index contributed by atoms with van der Waals surface area (Å²) in [5, 5.41) is 0. The molecule has 0 spiro atoms. The van der Waals surface area contributed by atoms with Crippen molar-refractivity contribution in [2.24, 2.45) is 23.7 Å². The van der Waals surface area contributed by atoms with Gasteiger partial charge in [0.1, 0.15) is 0 Å². The molecule has 0 aromatic carbocycles. The molecule has 96 valence electrons. The molecule has 2 heteroatoms. The lowest BCUT2D eigenvalue weighted by molar-refractivity contribution is -0.236. The summed E-state index contributed by atoms with van der Waals surface area (Å²) in [5.41, 5.74) is 0. The molecule has 1 aliphatic heterocycles. The van der Waals surface area contributed by atoms with E-state index in [2.05, 4.69) is 0 Å². The monoisotopic (exact) mass is 236 g/mol. The van der Waals surface area contributed by atoms with Crippen LogP contribution < -0.4 is 0 Å². The molecule has 5 aliphatic rings. The van der Waals surface area contributed by atoms with Crippen molar-refractivity contribution in [3.05, 3.63) is 0 Å². The molecule has 0 N–H and O–H groups in total. The molecule has 4 saturated carbocycles. The highest BCUT2D eigenvalue weighted by atomic mass is 16.7. The fourth-order valence-electron chi connectivity index (χ4n) is 5.09. The van der Waals surface area contributed by atoms with Gasteiger partial charge in [-0.25, -0.2) is 0 Å². The van der Waals surface area contributed by atoms with Crippen molar-refractivity contribution in [1.82, 2.24) is 0 Å². The normalized spacial score (nSPS) is 52.9. The number of rotatable bonds is 2. The van der Waals surface area contributed by atoms with Crippen molar-refractivity contribution in [3.63, 3.8) is 0 Å². The molecule has 1 atom stereocenters. The van der Waals surface area contributed by atoms with Gasteiger partial charge in [0.05, 0.1) is 6.10 Å². The van der Waals surface area contributed by atoms with E-state index >= 15 is 0 Å². The summed E-state index contributed by atoms with van der Waals surface area (Å²) in [6, 6.07) is 0. The molecule has 0 radical (unpaired) electrons. The third-order valence-corrected chi connectivity index (χ3v) is 5.59. The van der Waals surface area contributed by atoms with Crippen molar-refractivity contribution in [2.45, 2.75) is 63.8 Å². The Balaban J connectivity index is 1.43. The van der Waals surface area contributed by atoms with Crippen LogP contribution in [0.2, 0.25) is 0 Å². The molecule has 0 amide bonds. The van der Waals surface area contributed by atoms with Crippen LogP contribution in [0.4, 0.5) is 0 Å². The van der Waals surface area contributed by atoms with Gasteiger partial charge < -0.3 is 9.47 Å². The highest BCUT2D eigenvalue weighted by Gasteiger charge is 2.49. The average molecular weight is 236 g/mol. The summed E-state index contributed by atoms with van der Waals surface area (Å²) in [6.45, 7) is 0.915. The Hall–Kier alpha value is -0.0800.